The first kappa shape index (κ1) is 10.4. The number of hydrogen-bond donors (Lipinski definition) is 1. The third kappa shape index (κ3) is 1.96. The summed E-state index contributed by atoms with van der Waals surface area (Å²) in [5, 5.41) is 8.77. The SMILES string of the molecule is N#Cc1nc(-c2ccccc2Br)[nH]c1Br. The first-order valence-corrected chi connectivity index (χ1v) is 5.71. The van der Waals surface area contributed by atoms with E-state index in [1.165, 1.54) is 0 Å². The Morgan fingerprint density at radius 1 is 1.27 bits per heavy atom. The third-order valence-electron chi connectivity index (χ3n) is 1.89. The molecule has 0 fully saturated rings. The number of nitriles is 1. The van der Waals surface area contributed by atoms with E-state index in [9.17, 15) is 0 Å². The van der Waals surface area contributed by atoms with Crippen LogP contribution in [-0.2, 0) is 0 Å². The number of nitrogens with zero attached hydrogens (tertiary/aromatic N) is 2. The van der Waals surface area contributed by atoms with Crippen molar-refractivity contribution in [2.45, 2.75) is 0 Å². The summed E-state index contributed by atoms with van der Waals surface area (Å²) in [5.41, 5.74) is 1.29. The van der Waals surface area contributed by atoms with Gasteiger partial charge in [-0.25, -0.2) is 4.98 Å². The molecule has 2 rings (SSSR count). The average molecular weight is 327 g/mol. The van der Waals surface area contributed by atoms with Crippen molar-refractivity contribution >= 4 is 31.9 Å². The van der Waals surface area contributed by atoms with Crippen molar-refractivity contribution in [2.24, 2.45) is 0 Å². The fraction of sp³-hybridized carbons (Fsp3) is 0. The van der Waals surface area contributed by atoms with E-state index in [0.29, 0.717) is 16.1 Å². The predicted octanol–water partition coefficient (Wildman–Crippen LogP) is 3.47. The standard InChI is InChI=1S/C10H5Br2N3/c11-7-4-2-1-3-6(7)10-14-8(5-13)9(12)15-10/h1-4H,(H,14,15). The predicted molar refractivity (Wildman–Crippen MR) is 64.1 cm³/mol. The zero-order chi connectivity index (χ0) is 10.8. The number of aromatic nitrogens is 2. The number of hydrogen-bond acceptors (Lipinski definition) is 2. The highest BCUT2D eigenvalue weighted by atomic mass is 79.9. The highest BCUT2D eigenvalue weighted by molar-refractivity contribution is 9.10. The number of benzene rings is 1. The van der Waals surface area contributed by atoms with Crippen LogP contribution in [0.25, 0.3) is 11.4 Å². The molecular weight excluding hydrogens is 322 g/mol. The van der Waals surface area contributed by atoms with Gasteiger partial charge in [0.05, 0.1) is 0 Å². The molecule has 3 nitrogen and oxygen atoms in total. The molecule has 0 bridgehead atoms. The molecule has 0 atom stereocenters. The number of rotatable bonds is 1. The van der Waals surface area contributed by atoms with Crippen LogP contribution in [0.1, 0.15) is 5.69 Å². The number of H-pyrrole nitrogens is 1. The summed E-state index contributed by atoms with van der Waals surface area (Å²) in [7, 11) is 0. The summed E-state index contributed by atoms with van der Waals surface area (Å²) in [6, 6.07) is 9.70. The van der Waals surface area contributed by atoms with Crippen LogP contribution < -0.4 is 0 Å². The molecule has 2 aromatic rings. The van der Waals surface area contributed by atoms with Gasteiger partial charge >= 0.3 is 0 Å². The molecule has 0 aliphatic carbocycles. The van der Waals surface area contributed by atoms with Gasteiger partial charge in [0.2, 0.25) is 0 Å². The highest BCUT2D eigenvalue weighted by Gasteiger charge is 2.10. The second kappa shape index (κ2) is 4.17. The zero-order valence-corrected chi connectivity index (χ0v) is 10.6. The third-order valence-corrected chi connectivity index (χ3v) is 3.16. The number of aromatic amines is 1. The molecule has 15 heavy (non-hydrogen) atoms. The Bertz CT molecular complexity index is 540. The molecule has 0 unspecified atom stereocenters. The van der Waals surface area contributed by atoms with Crippen molar-refractivity contribution in [3.05, 3.63) is 39.0 Å². The van der Waals surface area contributed by atoms with Gasteiger partial charge in [0.15, 0.2) is 5.69 Å². The Morgan fingerprint density at radius 2 is 2.00 bits per heavy atom. The van der Waals surface area contributed by atoms with Crippen molar-refractivity contribution < 1.29 is 0 Å². The molecule has 1 aromatic heterocycles. The van der Waals surface area contributed by atoms with E-state index in [2.05, 4.69) is 41.8 Å². The molecule has 0 aliphatic rings. The zero-order valence-electron chi connectivity index (χ0n) is 7.46. The lowest BCUT2D eigenvalue weighted by Crippen LogP contribution is -1.81. The summed E-state index contributed by atoms with van der Waals surface area (Å²) >= 11 is 6.67. The summed E-state index contributed by atoms with van der Waals surface area (Å²) in [5.74, 6) is 0.672. The molecule has 0 spiro atoms. The van der Waals surface area contributed by atoms with E-state index < -0.39 is 0 Å². The number of imidazole rings is 1. The number of halogens is 2. The van der Waals surface area contributed by atoms with Crippen LogP contribution >= 0.6 is 31.9 Å². The fourth-order valence-corrected chi connectivity index (χ4v) is 2.04. The van der Waals surface area contributed by atoms with Gasteiger partial charge in [0.25, 0.3) is 0 Å². The molecule has 0 saturated carbocycles. The molecule has 0 saturated heterocycles. The van der Waals surface area contributed by atoms with Crippen LogP contribution in [0.5, 0.6) is 0 Å². The topological polar surface area (TPSA) is 52.5 Å². The van der Waals surface area contributed by atoms with Crippen molar-refractivity contribution in [3.63, 3.8) is 0 Å². The second-order valence-electron chi connectivity index (χ2n) is 2.84. The quantitative estimate of drug-likeness (QED) is 0.872. The molecule has 0 radical (unpaired) electrons. The van der Waals surface area contributed by atoms with Gasteiger partial charge in [-0.3, -0.25) is 0 Å². The normalized spacial score (nSPS) is 9.93. The van der Waals surface area contributed by atoms with Crippen molar-refractivity contribution in [1.29, 1.82) is 5.26 Å². The van der Waals surface area contributed by atoms with Crippen molar-refractivity contribution in [2.75, 3.05) is 0 Å². The molecule has 1 aromatic carbocycles. The molecule has 5 heteroatoms. The molecular formula is C10H5Br2N3. The van der Waals surface area contributed by atoms with E-state index in [1.54, 1.807) is 0 Å². The van der Waals surface area contributed by atoms with Gasteiger partial charge in [-0.2, -0.15) is 5.26 Å². The Kier molecular flexibility index (Phi) is 2.89. The maximum absolute atomic E-state index is 8.77. The molecule has 1 heterocycles. The van der Waals surface area contributed by atoms with Gasteiger partial charge in [-0.1, -0.05) is 34.1 Å². The summed E-state index contributed by atoms with van der Waals surface area (Å²) < 4.78 is 1.55. The average Bonchev–Trinajstić information content (AvgIpc) is 2.60. The minimum Gasteiger partial charge on any atom is -0.332 e. The second-order valence-corrected chi connectivity index (χ2v) is 4.49. The van der Waals surface area contributed by atoms with Crippen LogP contribution in [0.3, 0.4) is 0 Å². The van der Waals surface area contributed by atoms with Crippen LogP contribution in [-0.4, -0.2) is 9.97 Å². The Balaban J connectivity index is 2.56. The number of nitrogens with one attached hydrogen (secondary N) is 1. The fourth-order valence-electron chi connectivity index (χ4n) is 1.21. The lowest BCUT2D eigenvalue weighted by Gasteiger charge is -1.98. The van der Waals surface area contributed by atoms with Crippen LogP contribution in [0.2, 0.25) is 0 Å². The lowest BCUT2D eigenvalue weighted by atomic mass is 10.2. The van der Waals surface area contributed by atoms with Crippen LogP contribution in [0.15, 0.2) is 33.3 Å². The van der Waals surface area contributed by atoms with Gasteiger partial charge in [0, 0.05) is 10.0 Å². The minimum absolute atomic E-state index is 0.362. The highest BCUT2D eigenvalue weighted by Crippen LogP contribution is 2.27. The summed E-state index contributed by atoms with van der Waals surface area (Å²) in [6.45, 7) is 0. The lowest BCUT2D eigenvalue weighted by molar-refractivity contribution is 1.28. The molecule has 1 N–H and O–H groups in total. The Labute approximate surface area is 103 Å². The van der Waals surface area contributed by atoms with E-state index in [1.807, 2.05) is 30.3 Å². The maximum atomic E-state index is 8.77. The van der Waals surface area contributed by atoms with Crippen molar-refractivity contribution in [1.82, 2.24) is 9.97 Å². The van der Waals surface area contributed by atoms with E-state index in [-0.39, 0.29) is 0 Å². The van der Waals surface area contributed by atoms with Gasteiger partial charge in [-0.15, -0.1) is 0 Å². The monoisotopic (exact) mass is 325 g/mol. The van der Waals surface area contributed by atoms with Gasteiger partial charge in [-0.05, 0) is 22.0 Å². The Morgan fingerprint density at radius 3 is 2.60 bits per heavy atom. The van der Waals surface area contributed by atoms with Crippen molar-refractivity contribution in [3.8, 4) is 17.5 Å². The van der Waals surface area contributed by atoms with Crippen LogP contribution in [0.4, 0.5) is 0 Å². The Hall–Kier alpha value is -1.12. The summed E-state index contributed by atoms with van der Waals surface area (Å²) in [4.78, 5) is 7.17. The molecule has 74 valence electrons. The summed E-state index contributed by atoms with van der Waals surface area (Å²) in [6.07, 6.45) is 0. The smallest absolute Gasteiger partial charge is 0.173 e. The van der Waals surface area contributed by atoms with E-state index in [0.717, 1.165) is 10.0 Å². The van der Waals surface area contributed by atoms with E-state index in [4.69, 9.17) is 5.26 Å². The van der Waals surface area contributed by atoms with Gasteiger partial charge < -0.3 is 4.98 Å². The van der Waals surface area contributed by atoms with E-state index >= 15 is 0 Å². The molecule has 0 amide bonds. The maximum Gasteiger partial charge on any atom is 0.173 e. The first-order valence-electron chi connectivity index (χ1n) is 4.13. The molecule has 0 aliphatic heterocycles. The van der Waals surface area contributed by atoms with Crippen LogP contribution in [0, 0.1) is 11.3 Å². The first-order chi connectivity index (χ1) is 7.22. The minimum atomic E-state index is 0.362. The largest absolute Gasteiger partial charge is 0.332 e. The van der Waals surface area contributed by atoms with Gasteiger partial charge in [0.1, 0.15) is 16.5 Å².